The molecular weight excluding hydrogens is 445 g/mol. The molecule has 0 spiro atoms. The van der Waals surface area contributed by atoms with Gasteiger partial charge in [0.05, 0.1) is 6.54 Å². The highest BCUT2D eigenvalue weighted by molar-refractivity contribution is 14.1. The number of rotatable bonds is 9. The maximum atomic E-state index is 11.9. The Labute approximate surface area is 168 Å². The first-order chi connectivity index (χ1) is 12.6. The number of hydrogen-bond acceptors (Lipinski definition) is 3. The number of ether oxygens (including phenoxy) is 2. The predicted molar refractivity (Wildman–Crippen MR) is 109 cm³/mol. The van der Waals surface area contributed by atoms with Crippen molar-refractivity contribution in [3.63, 3.8) is 0 Å². The van der Waals surface area contributed by atoms with Gasteiger partial charge < -0.3 is 14.6 Å². The van der Waals surface area contributed by atoms with Crippen LogP contribution in [0.15, 0.2) is 54.6 Å². The summed E-state index contributed by atoms with van der Waals surface area (Å²) in [6.45, 7) is 2.27. The van der Waals surface area contributed by atoms with Gasteiger partial charge in [-0.25, -0.2) is 4.79 Å². The third-order valence-corrected chi connectivity index (χ3v) is 4.96. The first kappa shape index (κ1) is 20.7. The Morgan fingerprint density at radius 1 is 1.15 bits per heavy atom. The number of hydrogen-bond donors (Lipinski definition) is 1. The fraction of sp³-hybridized carbons (Fsp3) is 0.350. The molecule has 0 fully saturated rings. The summed E-state index contributed by atoms with van der Waals surface area (Å²) in [5.41, 5.74) is 1.81. The summed E-state index contributed by atoms with van der Waals surface area (Å²) in [6, 6.07) is 17.3. The Morgan fingerprint density at radius 3 is 2.38 bits per heavy atom. The van der Waals surface area contributed by atoms with Gasteiger partial charge in [0.15, 0.2) is 6.29 Å². The van der Waals surface area contributed by atoms with Gasteiger partial charge in [0.2, 0.25) is 0 Å². The third-order valence-electron chi connectivity index (χ3n) is 3.98. The number of methoxy groups -OCH3 is 1. The van der Waals surface area contributed by atoms with E-state index in [0.29, 0.717) is 6.42 Å². The van der Waals surface area contributed by atoms with Crippen LogP contribution in [0.4, 0.5) is 4.79 Å². The molecule has 0 heterocycles. The van der Waals surface area contributed by atoms with E-state index in [1.807, 2.05) is 61.5 Å². The Bertz CT molecular complexity index is 695. The van der Waals surface area contributed by atoms with Crippen LogP contribution >= 0.6 is 22.6 Å². The molecule has 2 rings (SSSR count). The second-order valence-electron chi connectivity index (χ2n) is 5.86. The number of benzene rings is 2. The molecule has 0 aliphatic heterocycles. The van der Waals surface area contributed by atoms with Gasteiger partial charge in [-0.1, -0.05) is 61.9 Å². The van der Waals surface area contributed by atoms with Crippen molar-refractivity contribution >= 4 is 28.7 Å². The fourth-order valence-electron chi connectivity index (χ4n) is 2.68. The largest absolute Gasteiger partial charge is 0.465 e. The second kappa shape index (κ2) is 10.5. The first-order valence-corrected chi connectivity index (χ1v) is 9.60. The Morgan fingerprint density at radius 2 is 1.81 bits per heavy atom. The fourth-order valence-corrected chi connectivity index (χ4v) is 3.32. The molecule has 0 unspecified atom stereocenters. The van der Waals surface area contributed by atoms with E-state index < -0.39 is 18.6 Å². The topological polar surface area (TPSA) is 59.0 Å². The molecule has 0 aliphatic carbocycles. The molecule has 0 radical (unpaired) electrons. The third kappa shape index (κ3) is 5.69. The minimum absolute atomic E-state index is 0.267. The maximum absolute atomic E-state index is 11.9. The van der Waals surface area contributed by atoms with E-state index in [-0.39, 0.29) is 6.54 Å². The van der Waals surface area contributed by atoms with Crippen LogP contribution in [0, 0.1) is 3.57 Å². The van der Waals surface area contributed by atoms with Gasteiger partial charge in [-0.15, -0.1) is 0 Å². The summed E-state index contributed by atoms with van der Waals surface area (Å²) in [4.78, 5) is 13.2. The Kier molecular flexibility index (Phi) is 8.34. The van der Waals surface area contributed by atoms with Gasteiger partial charge in [0.25, 0.3) is 0 Å². The monoisotopic (exact) mass is 469 g/mol. The average Bonchev–Trinajstić information content (AvgIpc) is 2.65. The van der Waals surface area contributed by atoms with Crippen molar-refractivity contribution in [2.24, 2.45) is 0 Å². The molecule has 0 saturated heterocycles. The van der Waals surface area contributed by atoms with Gasteiger partial charge in [0.1, 0.15) is 6.23 Å². The lowest BCUT2D eigenvalue weighted by Crippen LogP contribution is -2.41. The number of carboxylic acid groups (broad SMARTS) is 1. The van der Waals surface area contributed by atoms with Crippen molar-refractivity contribution in [2.45, 2.75) is 38.8 Å². The van der Waals surface area contributed by atoms with Crippen LogP contribution in [0.1, 0.15) is 37.2 Å². The van der Waals surface area contributed by atoms with Crippen LogP contribution < -0.4 is 0 Å². The number of amides is 1. The standard InChI is InChI=1S/C20H24INO4/c1-3-9-18(22(20(23)24)14-15-10-5-4-6-11-15)26-19(25-2)16-12-7-8-13-17(16)21/h4-8,10-13,18-19H,3,9,14H2,1-2H3,(H,23,24)/t18-,19-/m0/s1. The van der Waals surface area contributed by atoms with Gasteiger partial charge in [-0.05, 0) is 40.6 Å². The normalized spacial score (nSPS) is 13.2. The highest BCUT2D eigenvalue weighted by Crippen LogP contribution is 2.27. The second-order valence-corrected chi connectivity index (χ2v) is 7.03. The van der Waals surface area contributed by atoms with E-state index in [2.05, 4.69) is 22.6 Å². The van der Waals surface area contributed by atoms with E-state index in [9.17, 15) is 9.90 Å². The highest BCUT2D eigenvalue weighted by atomic mass is 127. The molecule has 1 amide bonds. The summed E-state index contributed by atoms with van der Waals surface area (Å²) in [5, 5.41) is 9.75. The highest BCUT2D eigenvalue weighted by Gasteiger charge is 2.28. The molecule has 0 aliphatic rings. The molecule has 0 saturated carbocycles. The molecule has 0 aromatic heterocycles. The molecule has 0 bridgehead atoms. The van der Waals surface area contributed by atoms with Crippen molar-refractivity contribution in [3.8, 4) is 0 Å². The van der Waals surface area contributed by atoms with E-state index in [4.69, 9.17) is 9.47 Å². The Hall–Kier alpha value is -1.64. The molecule has 2 aromatic rings. The predicted octanol–water partition coefficient (Wildman–Crippen LogP) is 5.26. The van der Waals surface area contributed by atoms with E-state index in [1.165, 1.54) is 4.90 Å². The van der Waals surface area contributed by atoms with Gasteiger partial charge in [-0.2, -0.15) is 0 Å². The zero-order chi connectivity index (χ0) is 18.9. The van der Waals surface area contributed by atoms with Gasteiger partial charge in [-0.3, -0.25) is 4.90 Å². The SMILES string of the molecule is CCC[C@H](O[C@H](OC)c1ccccc1I)N(Cc1ccccc1)C(=O)O. The van der Waals surface area contributed by atoms with Crippen molar-refractivity contribution < 1.29 is 19.4 Å². The summed E-state index contributed by atoms with van der Waals surface area (Å²) < 4.78 is 12.7. The summed E-state index contributed by atoms with van der Waals surface area (Å²) in [6.07, 6.45) is -0.852. The number of carbonyl (C=O) groups is 1. The first-order valence-electron chi connectivity index (χ1n) is 8.53. The summed E-state index contributed by atoms with van der Waals surface area (Å²) in [5.74, 6) is 0. The molecule has 2 atom stereocenters. The smallest absolute Gasteiger partial charge is 0.409 e. The molecular formula is C20H24INO4. The summed E-state index contributed by atoms with van der Waals surface area (Å²) >= 11 is 2.23. The van der Waals surface area contributed by atoms with Crippen LogP contribution in [0.2, 0.25) is 0 Å². The van der Waals surface area contributed by atoms with Crippen LogP contribution in [-0.4, -0.2) is 29.4 Å². The van der Waals surface area contributed by atoms with E-state index in [0.717, 1.165) is 21.1 Å². The zero-order valence-corrected chi connectivity index (χ0v) is 17.1. The maximum Gasteiger partial charge on any atom is 0.409 e. The van der Waals surface area contributed by atoms with E-state index >= 15 is 0 Å². The summed E-state index contributed by atoms with van der Waals surface area (Å²) in [7, 11) is 1.57. The zero-order valence-electron chi connectivity index (χ0n) is 15.0. The van der Waals surface area contributed by atoms with Crippen LogP contribution in [0.3, 0.4) is 0 Å². The molecule has 5 nitrogen and oxygen atoms in total. The molecule has 6 heteroatoms. The lowest BCUT2D eigenvalue weighted by atomic mass is 10.2. The minimum atomic E-state index is -1.01. The molecule has 26 heavy (non-hydrogen) atoms. The molecule has 1 N–H and O–H groups in total. The minimum Gasteiger partial charge on any atom is -0.465 e. The van der Waals surface area contributed by atoms with Gasteiger partial charge >= 0.3 is 6.09 Å². The molecule has 140 valence electrons. The number of halogens is 1. The van der Waals surface area contributed by atoms with Crippen molar-refractivity contribution in [1.82, 2.24) is 4.90 Å². The van der Waals surface area contributed by atoms with Crippen LogP contribution in [0.5, 0.6) is 0 Å². The van der Waals surface area contributed by atoms with Crippen molar-refractivity contribution in [1.29, 1.82) is 0 Å². The van der Waals surface area contributed by atoms with Crippen molar-refractivity contribution in [3.05, 3.63) is 69.3 Å². The van der Waals surface area contributed by atoms with Crippen LogP contribution in [-0.2, 0) is 16.0 Å². The lowest BCUT2D eigenvalue weighted by molar-refractivity contribution is -0.197. The molecule has 2 aromatic carbocycles. The lowest BCUT2D eigenvalue weighted by Gasteiger charge is -2.32. The van der Waals surface area contributed by atoms with Crippen LogP contribution in [0.25, 0.3) is 0 Å². The van der Waals surface area contributed by atoms with E-state index in [1.54, 1.807) is 7.11 Å². The van der Waals surface area contributed by atoms with Gasteiger partial charge in [0, 0.05) is 16.2 Å². The average molecular weight is 469 g/mol. The van der Waals surface area contributed by atoms with Crippen molar-refractivity contribution in [2.75, 3.05) is 7.11 Å². The quantitative estimate of drug-likeness (QED) is 0.402. The number of nitrogens with zero attached hydrogens (tertiary/aromatic N) is 1. The Balaban J connectivity index is 2.23.